The molecule has 1 saturated heterocycles. The first-order valence-corrected chi connectivity index (χ1v) is 8.44. The second-order valence-corrected chi connectivity index (χ2v) is 6.86. The first kappa shape index (κ1) is 14.0. The van der Waals surface area contributed by atoms with E-state index in [1.165, 1.54) is 41.9 Å². The smallest absolute Gasteiger partial charge is 0.108 e. The van der Waals surface area contributed by atoms with E-state index in [1.54, 1.807) is 11.3 Å². The monoisotopic (exact) mass is 289 g/mol. The van der Waals surface area contributed by atoms with Gasteiger partial charge in [0.15, 0.2) is 0 Å². The van der Waals surface area contributed by atoms with Gasteiger partial charge in [-0.2, -0.15) is 0 Å². The van der Waals surface area contributed by atoms with Gasteiger partial charge in [-0.1, -0.05) is 18.6 Å². The Morgan fingerprint density at radius 1 is 1.40 bits per heavy atom. The van der Waals surface area contributed by atoms with Crippen molar-refractivity contribution < 1.29 is 0 Å². The van der Waals surface area contributed by atoms with Crippen LogP contribution >= 0.6 is 11.3 Å². The van der Waals surface area contributed by atoms with E-state index >= 15 is 0 Å². The van der Waals surface area contributed by atoms with Gasteiger partial charge >= 0.3 is 0 Å². The summed E-state index contributed by atoms with van der Waals surface area (Å²) < 4.78 is 1.28. The van der Waals surface area contributed by atoms with Crippen LogP contribution in [0.1, 0.15) is 37.6 Å². The van der Waals surface area contributed by atoms with E-state index < -0.39 is 0 Å². The van der Waals surface area contributed by atoms with Crippen LogP contribution in [0.25, 0.3) is 10.2 Å². The Kier molecular flexibility index (Phi) is 4.65. The van der Waals surface area contributed by atoms with Gasteiger partial charge in [-0.3, -0.25) is 0 Å². The maximum Gasteiger partial charge on any atom is 0.108 e. The summed E-state index contributed by atoms with van der Waals surface area (Å²) >= 11 is 1.80. The lowest BCUT2D eigenvalue weighted by molar-refractivity contribution is 0.344. The van der Waals surface area contributed by atoms with Crippen LogP contribution in [0.5, 0.6) is 0 Å². The number of nitrogens with one attached hydrogen (secondary N) is 2. The van der Waals surface area contributed by atoms with E-state index in [2.05, 4.69) is 46.8 Å². The molecule has 1 aliphatic rings. The third-order valence-electron chi connectivity index (χ3n) is 3.99. The maximum absolute atomic E-state index is 4.67. The average Bonchev–Trinajstić information content (AvgIpc) is 2.89. The van der Waals surface area contributed by atoms with Crippen LogP contribution in [-0.4, -0.2) is 23.6 Å². The molecule has 20 heavy (non-hydrogen) atoms. The summed E-state index contributed by atoms with van der Waals surface area (Å²) in [6.07, 6.45) is 5.25. The van der Waals surface area contributed by atoms with Crippen LogP contribution in [0.4, 0.5) is 0 Å². The number of piperidine rings is 1. The van der Waals surface area contributed by atoms with Crippen molar-refractivity contribution in [2.24, 2.45) is 0 Å². The number of hydrogen-bond donors (Lipinski definition) is 2. The Labute approximate surface area is 124 Å². The fourth-order valence-electron chi connectivity index (χ4n) is 2.89. The SMILES string of the molecule is CC(CC1CCCCN1)NCc1nc2ccccc2s1. The quantitative estimate of drug-likeness (QED) is 0.886. The normalized spacial score (nSPS) is 21.1. The molecule has 1 aromatic carbocycles. The van der Waals surface area contributed by atoms with Gasteiger partial charge in [0.05, 0.1) is 10.2 Å². The van der Waals surface area contributed by atoms with Gasteiger partial charge in [-0.15, -0.1) is 11.3 Å². The summed E-state index contributed by atoms with van der Waals surface area (Å²) in [6.45, 7) is 4.35. The van der Waals surface area contributed by atoms with Crippen molar-refractivity contribution in [3.63, 3.8) is 0 Å². The van der Waals surface area contributed by atoms with Crippen molar-refractivity contribution in [1.82, 2.24) is 15.6 Å². The third-order valence-corrected chi connectivity index (χ3v) is 5.03. The number of hydrogen-bond acceptors (Lipinski definition) is 4. The van der Waals surface area contributed by atoms with Gasteiger partial charge < -0.3 is 10.6 Å². The van der Waals surface area contributed by atoms with Crippen molar-refractivity contribution in [3.05, 3.63) is 29.3 Å². The highest BCUT2D eigenvalue weighted by Crippen LogP contribution is 2.21. The number of aromatic nitrogens is 1. The van der Waals surface area contributed by atoms with E-state index in [0.717, 1.165) is 12.1 Å². The van der Waals surface area contributed by atoms with Crippen LogP contribution in [0.15, 0.2) is 24.3 Å². The van der Waals surface area contributed by atoms with Crippen molar-refractivity contribution >= 4 is 21.6 Å². The van der Waals surface area contributed by atoms with Gasteiger partial charge in [0.2, 0.25) is 0 Å². The summed E-state index contributed by atoms with van der Waals surface area (Å²) in [5.41, 5.74) is 1.12. The number of fused-ring (bicyclic) bond motifs is 1. The molecule has 0 spiro atoms. The predicted molar refractivity (Wildman–Crippen MR) is 86.2 cm³/mol. The zero-order valence-corrected chi connectivity index (χ0v) is 12.9. The Balaban J connectivity index is 1.50. The van der Waals surface area contributed by atoms with Gasteiger partial charge in [-0.05, 0) is 44.9 Å². The molecular weight excluding hydrogens is 266 g/mol. The molecule has 2 atom stereocenters. The molecule has 0 radical (unpaired) electrons. The summed E-state index contributed by atoms with van der Waals surface area (Å²) in [4.78, 5) is 4.67. The number of para-hydroxylation sites is 1. The lowest BCUT2D eigenvalue weighted by Gasteiger charge is -2.26. The number of benzene rings is 1. The number of thiazole rings is 1. The molecule has 1 aromatic heterocycles. The van der Waals surface area contributed by atoms with Crippen molar-refractivity contribution in [3.8, 4) is 0 Å². The van der Waals surface area contributed by atoms with Gasteiger partial charge in [0.1, 0.15) is 5.01 Å². The highest BCUT2D eigenvalue weighted by molar-refractivity contribution is 7.18. The molecule has 2 N–H and O–H groups in total. The molecule has 1 aliphatic heterocycles. The molecule has 4 heteroatoms. The maximum atomic E-state index is 4.67. The molecule has 2 heterocycles. The van der Waals surface area contributed by atoms with E-state index in [1.807, 2.05) is 0 Å². The fraction of sp³-hybridized carbons (Fsp3) is 0.562. The van der Waals surface area contributed by atoms with Crippen molar-refractivity contribution in [2.45, 2.75) is 51.2 Å². The van der Waals surface area contributed by atoms with Gasteiger partial charge in [-0.25, -0.2) is 4.98 Å². The third kappa shape index (κ3) is 3.57. The van der Waals surface area contributed by atoms with Crippen LogP contribution in [0.3, 0.4) is 0 Å². The molecule has 0 bridgehead atoms. The highest BCUT2D eigenvalue weighted by atomic mass is 32.1. The summed E-state index contributed by atoms with van der Waals surface area (Å²) in [7, 11) is 0. The molecule has 108 valence electrons. The summed E-state index contributed by atoms with van der Waals surface area (Å²) in [5, 5.41) is 8.42. The topological polar surface area (TPSA) is 37.0 Å². The summed E-state index contributed by atoms with van der Waals surface area (Å²) in [6, 6.07) is 9.60. The van der Waals surface area contributed by atoms with E-state index in [-0.39, 0.29) is 0 Å². The minimum Gasteiger partial charge on any atom is -0.314 e. The Hall–Kier alpha value is -0.970. The summed E-state index contributed by atoms with van der Waals surface area (Å²) in [5.74, 6) is 0. The second kappa shape index (κ2) is 6.66. The van der Waals surface area contributed by atoms with Crippen LogP contribution in [0, 0.1) is 0 Å². The van der Waals surface area contributed by atoms with Crippen LogP contribution < -0.4 is 10.6 Å². The lowest BCUT2D eigenvalue weighted by Crippen LogP contribution is -2.39. The average molecular weight is 289 g/mol. The Bertz CT molecular complexity index is 512. The first-order valence-electron chi connectivity index (χ1n) is 7.62. The molecule has 0 aliphatic carbocycles. The molecular formula is C16H23N3S. The van der Waals surface area contributed by atoms with Crippen molar-refractivity contribution in [2.75, 3.05) is 6.54 Å². The molecule has 2 unspecified atom stereocenters. The number of nitrogens with zero attached hydrogens (tertiary/aromatic N) is 1. The largest absolute Gasteiger partial charge is 0.314 e. The zero-order chi connectivity index (χ0) is 13.8. The molecule has 2 aromatic rings. The fourth-order valence-corrected chi connectivity index (χ4v) is 3.81. The minimum atomic E-state index is 0.539. The molecule has 3 nitrogen and oxygen atoms in total. The van der Waals surface area contributed by atoms with E-state index in [9.17, 15) is 0 Å². The zero-order valence-electron chi connectivity index (χ0n) is 12.1. The molecule has 1 fully saturated rings. The predicted octanol–water partition coefficient (Wildman–Crippen LogP) is 3.31. The molecule has 0 amide bonds. The van der Waals surface area contributed by atoms with E-state index in [4.69, 9.17) is 0 Å². The highest BCUT2D eigenvalue weighted by Gasteiger charge is 2.15. The van der Waals surface area contributed by atoms with Crippen LogP contribution in [0.2, 0.25) is 0 Å². The van der Waals surface area contributed by atoms with E-state index in [0.29, 0.717) is 12.1 Å². The van der Waals surface area contributed by atoms with Gasteiger partial charge in [0, 0.05) is 18.6 Å². The molecule has 0 saturated carbocycles. The lowest BCUT2D eigenvalue weighted by atomic mass is 9.99. The second-order valence-electron chi connectivity index (χ2n) is 5.74. The van der Waals surface area contributed by atoms with Crippen LogP contribution in [-0.2, 0) is 6.54 Å². The molecule has 3 rings (SSSR count). The Morgan fingerprint density at radius 2 is 2.30 bits per heavy atom. The standard InChI is InChI=1S/C16H23N3S/c1-12(10-13-6-4-5-9-17-13)18-11-16-19-14-7-2-3-8-15(14)20-16/h2-3,7-8,12-13,17-18H,4-6,9-11H2,1H3. The first-order chi connectivity index (χ1) is 9.81. The minimum absolute atomic E-state index is 0.539. The van der Waals surface area contributed by atoms with Gasteiger partial charge in [0.25, 0.3) is 0 Å². The van der Waals surface area contributed by atoms with Crippen molar-refractivity contribution in [1.29, 1.82) is 0 Å². The Morgan fingerprint density at radius 3 is 3.10 bits per heavy atom. The number of rotatable bonds is 5.